The maximum Gasteiger partial charge on any atom is 0.271 e. The van der Waals surface area contributed by atoms with E-state index in [1.54, 1.807) is 24.0 Å². The molecule has 3 aromatic rings. The molecule has 1 unspecified atom stereocenters. The summed E-state index contributed by atoms with van der Waals surface area (Å²) in [5, 5.41) is 5.37. The molecule has 0 saturated carbocycles. The Bertz CT molecular complexity index is 758. The minimum atomic E-state index is -0.192. The topological polar surface area (TPSA) is 67.8 Å². The summed E-state index contributed by atoms with van der Waals surface area (Å²) in [5.41, 5.74) is 2.12. The zero-order valence-electron chi connectivity index (χ0n) is 11.9. The van der Waals surface area contributed by atoms with Crippen molar-refractivity contribution in [2.45, 2.75) is 13.0 Å². The molecule has 1 aromatic carbocycles. The number of thiazole rings is 1. The Morgan fingerprint density at radius 1 is 1.23 bits per heavy atom. The van der Waals surface area contributed by atoms with E-state index in [0.717, 1.165) is 5.56 Å². The SMILES string of the molecule is CC(NC(=O)c1csc(-c2cnccn2)n1)c1ccccc1. The third kappa shape index (κ3) is 3.17. The van der Waals surface area contributed by atoms with Crippen molar-refractivity contribution in [1.82, 2.24) is 20.3 Å². The molecule has 2 aromatic heterocycles. The van der Waals surface area contributed by atoms with Crippen LogP contribution in [0, 0.1) is 0 Å². The first-order valence-electron chi connectivity index (χ1n) is 6.82. The molecule has 0 radical (unpaired) electrons. The lowest BCUT2D eigenvalue weighted by Gasteiger charge is -2.13. The van der Waals surface area contributed by atoms with Crippen molar-refractivity contribution in [3.8, 4) is 10.7 Å². The van der Waals surface area contributed by atoms with Gasteiger partial charge in [0.05, 0.1) is 12.2 Å². The fourth-order valence-corrected chi connectivity index (χ4v) is 2.76. The van der Waals surface area contributed by atoms with Crippen molar-refractivity contribution in [1.29, 1.82) is 0 Å². The summed E-state index contributed by atoms with van der Waals surface area (Å²) in [6.07, 6.45) is 4.84. The summed E-state index contributed by atoms with van der Waals surface area (Å²) >= 11 is 1.38. The number of benzene rings is 1. The number of hydrogen-bond donors (Lipinski definition) is 1. The Morgan fingerprint density at radius 2 is 2.05 bits per heavy atom. The average Bonchev–Trinajstić information content (AvgIpc) is 3.06. The highest BCUT2D eigenvalue weighted by molar-refractivity contribution is 7.13. The molecule has 1 N–H and O–H groups in total. The molecule has 0 aliphatic carbocycles. The lowest BCUT2D eigenvalue weighted by molar-refractivity contribution is 0.0935. The van der Waals surface area contributed by atoms with E-state index in [0.29, 0.717) is 16.4 Å². The zero-order chi connectivity index (χ0) is 15.4. The number of nitrogens with zero attached hydrogens (tertiary/aromatic N) is 3. The number of hydrogen-bond acceptors (Lipinski definition) is 5. The summed E-state index contributed by atoms with van der Waals surface area (Å²) < 4.78 is 0. The standard InChI is InChI=1S/C16H14N4OS/c1-11(12-5-3-2-4-6-12)19-15(21)14-10-22-16(20-14)13-9-17-7-8-18-13/h2-11H,1H3,(H,19,21). The van der Waals surface area contributed by atoms with Gasteiger partial charge in [-0.25, -0.2) is 4.98 Å². The normalized spacial score (nSPS) is 11.9. The monoisotopic (exact) mass is 310 g/mol. The van der Waals surface area contributed by atoms with Gasteiger partial charge in [0.1, 0.15) is 16.4 Å². The third-order valence-electron chi connectivity index (χ3n) is 3.17. The second-order valence-electron chi connectivity index (χ2n) is 4.73. The molecule has 5 nitrogen and oxygen atoms in total. The van der Waals surface area contributed by atoms with E-state index >= 15 is 0 Å². The van der Waals surface area contributed by atoms with Gasteiger partial charge in [0.15, 0.2) is 0 Å². The van der Waals surface area contributed by atoms with Gasteiger partial charge in [0.2, 0.25) is 0 Å². The first kappa shape index (κ1) is 14.3. The molecule has 22 heavy (non-hydrogen) atoms. The molecule has 0 spiro atoms. The van der Waals surface area contributed by atoms with Gasteiger partial charge in [0, 0.05) is 17.8 Å². The molecule has 0 bridgehead atoms. The summed E-state index contributed by atoms with van der Waals surface area (Å²) in [6.45, 7) is 1.95. The Hall–Kier alpha value is -2.60. The van der Waals surface area contributed by atoms with Crippen molar-refractivity contribution >= 4 is 17.2 Å². The van der Waals surface area contributed by atoms with Gasteiger partial charge in [-0.15, -0.1) is 11.3 Å². The molecule has 3 rings (SSSR count). The van der Waals surface area contributed by atoms with Crippen LogP contribution in [0.1, 0.15) is 29.0 Å². The Balaban J connectivity index is 1.72. The van der Waals surface area contributed by atoms with E-state index < -0.39 is 0 Å². The Labute approximate surface area is 132 Å². The molecule has 0 saturated heterocycles. The number of carbonyl (C=O) groups excluding carboxylic acids is 1. The number of carbonyl (C=O) groups is 1. The van der Waals surface area contributed by atoms with Crippen LogP contribution in [0.3, 0.4) is 0 Å². The van der Waals surface area contributed by atoms with Crippen LogP contribution < -0.4 is 5.32 Å². The summed E-state index contributed by atoms with van der Waals surface area (Å²) in [6, 6.07) is 9.75. The summed E-state index contributed by atoms with van der Waals surface area (Å²) in [4.78, 5) is 24.8. The Kier molecular flexibility index (Phi) is 4.20. The lowest BCUT2D eigenvalue weighted by Crippen LogP contribution is -2.26. The van der Waals surface area contributed by atoms with Crippen LogP contribution >= 0.6 is 11.3 Å². The van der Waals surface area contributed by atoms with Crippen molar-refractivity contribution in [3.63, 3.8) is 0 Å². The first-order valence-corrected chi connectivity index (χ1v) is 7.70. The van der Waals surface area contributed by atoms with Crippen LogP contribution in [-0.2, 0) is 0 Å². The fraction of sp³-hybridized carbons (Fsp3) is 0.125. The van der Waals surface area contributed by atoms with E-state index in [-0.39, 0.29) is 11.9 Å². The van der Waals surface area contributed by atoms with Crippen LogP contribution in [-0.4, -0.2) is 20.9 Å². The molecular weight excluding hydrogens is 296 g/mol. The van der Waals surface area contributed by atoms with E-state index in [9.17, 15) is 4.79 Å². The van der Waals surface area contributed by atoms with Crippen molar-refractivity contribution in [3.05, 3.63) is 65.6 Å². The Morgan fingerprint density at radius 3 is 2.77 bits per heavy atom. The summed E-state index contributed by atoms with van der Waals surface area (Å²) in [7, 11) is 0. The predicted molar refractivity (Wildman–Crippen MR) is 85.5 cm³/mol. The van der Waals surface area contributed by atoms with Gasteiger partial charge in [0.25, 0.3) is 5.91 Å². The first-order chi connectivity index (χ1) is 10.7. The minimum Gasteiger partial charge on any atom is -0.344 e. The molecule has 0 fully saturated rings. The van der Waals surface area contributed by atoms with Crippen LogP contribution in [0.15, 0.2) is 54.3 Å². The third-order valence-corrected chi connectivity index (χ3v) is 4.03. The number of amides is 1. The number of nitrogens with one attached hydrogen (secondary N) is 1. The molecule has 110 valence electrons. The van der Waals surface area contributed by atoms with Crippen LogP contribution in [0.25, 0.3) is 10.7 Å². The second-order valence-corrected chi connectivity index (χ2v) is 5.59. The molecule has 1 amide bonds. The van der Waals surface area contributed by atoms with Crippen molar-refractivity contribution in [2.24, 2.45) is 0 Å². The van der Waals surface area contributed by atoms with E-state index in [1.165, 1.54) is 11.3 Å². The molecule has 1 atom stereocenters. The quantitative estimate of drug-likeness (QED) is 0.804. The zero-order valence-corrected chi connectivity index (χ0v) is 12.7. The van der Waals surface area contributed by atoms with Gasteiger partial charge in [-0.2, -0.15) is 0 Å². The summed E-state index contributed by atoms with van der Waals surface area (Å²) in [5.74, 6) is -0.192. The van der Waals surface area contributed by atoms with Crippen LogP contribution in [0.2, 0.25) is 0 Å². The molecule has 2 heterocycles. The highest BCUT2D eigenvalue weighted by Crippen LogP contribution is 2.21. The van der Waals surface area contributed by atoms with E-state index in [1.807, 2.05) is 37.3 Å². The highest BCUT2D eigenvalue weighted by Gasteiger charge is 2.15. The maximum atomic E-state index is 12.3. The smallest absolute Gasteiger partial charge is 0.271 e. The van der Waals surface area contributed by atoms with Gasteiger partial charge in [-0.1, -0.05) is 30.3 Å². The number of rotatable bonds is 4. The molecule has 0 aliphatic rings. The molecule has 0 aliphatic heterocycles. The van der Waals surface area contributed by atoms with Gasteiger partial charge in [-0.3, -0.25) is 14.8 Å². The van der Waals surface area contributed by atoms with Crippen LogP contribution in [0.4, 0.5) is 0 Å². The average molecular weight is 310 g/mol. The minimum absolute atomic E-state index is 0.0737. The van der Waals surface area contributed by atoms with Crippen molar-refractivity contribution < 1.29 is 4.79 Å². The van der Waals surface area contributed by atoms with Gasteiger partial charge in [-0.05, 0) is 12.5 Å². The van der Waals surface area contributed by atoms with E-state index in [4.69, 9.17) is 0 Å². The largest absolute Gasteiger partial charge is 0.344 e. The van der Waals surface area contributed by atoms with Gasteiger partial charge < -0.3 is 5.32 Å². The maximum absolute atomic E-state index is 12.3. The molecular formula is C16H14N4OS. The predicted octanol–water partition coefficient (Wildman–Crippen LogP) is 3.09. The molecule has 6 heteroatoms. The lowest BCUT2D eigenvalue weighted by atomic mass is 10.1. The van der Waals surface area contributed by atoms with Crippen LogP contribution in [0.5, 0.6) is 0 Å². The highest BCUT2D eigenvalue weighted by atomic mass is 32.1. The van der Waals surface area contributed by atoms with Crippen molar-refractivity contribution in [2.75, 3.05) is 0 Å². The van der Waals surface area contributed by atoms with E-state index in [2.05, 4.69) is 20.3 Å². The fourth-order valence-electron chi connectivity index (χ4n) is 2.00. The number of aromatic nitrogens is 3. The van der Waals surface area contributed by atoms with Gasteiger partial charge >= 0.3 is 0 Å². The second kappa shape index (κ2) is 6.44.